The fraction of sp³-hybridized carbons (Fsp3) is 0.222. The molecular weight excluding hydrogens is 438 g/mol. The number of carbonyl (C=O) groups is 3. The molecule has 11 heteroatoms. The second-order valence-corrected chi connectivity index (χ2v) is 8.20. The van der Waals surface area contributed by atoms with Gasteiger partial charge < -0.3 is 19.8 Å². The molecule has 0 atom stereocenters. The van der Waals surface area contributed by atoms with Gasteiger partial charge in [-0.15, -0.1) is 11.3 Å². The van der Waals surface area contributed by atoms with Crippen molar-refractivity contribution in [3.8, 4) is 0 Å². The standard InChI is InChI=1S/C18H16ClN3O5S2/c1-8-13(16(24)26-2)15(29-14(8)17(25)27-3)22-12(23)7-28-18-20-10-5-4-9(19)6-11(10)21-18/h4-6H,7H2,1-3H3,(H,20,21)(H,22,23). The van der Waals surface area contributed by atoms with Gasteiger partial charge in [-0.3, -0.25) is 4.79 Å². The fourth-order valence-corrected chi connectivity index (χ4v) is 4.55. The van der Waals surface area contributed by atoms with Crippen molar-refractivity contribution in [1.82, 2.24) is 9.97 Å². The van der Waals surface area contributed by atoms with Crippen molar-refractivity contribution in [2.75, 3.05) is 25.3 Å². The Bertz CT molecular complexity index is 1110. The summed E-state index contributed by atoms with van der Waals surface area (Å²) in [4.78, 5) is 44.1. The van der Waals surface area contributed by atoms with Gasteiger partial charge in [-0.2, -0.15) is 0 Å². The summed E-state index contributed by atoms with van der Waals surface area (Å²) < 4.78 is 9.50. The molecule has 8 nitrogen and oxygen atoms in total. The number of thioether (sulfide) groups is 1. The Morgan fingerprint density at radius 2 is 1.97 bits per heavy atom. The van der Waals surface area contributed by atoms with Crippen LogP contribution in [0.1, 0.15) is 25.6 Å². The van der Waals surface area contributed by atoms with Crippen LogP contribution in [0.4, 0.5) is 5.00 Å². The van der Waals surface area contributed by atoms with Gasteiger partial charge in [0.25, 0.3) is 0 Å². The van der Waals surface area contributed by atoms with E-state index in [0.717, 1.165) is 22.4 Å². The van der Waals surface area contributed by atoms with Crippen molar-refractivity contribution in [3.05, 3.63) is 39.2 Å². The lowest BCUT2D eigenvalue weighted by atomic mass is 10.1. The number of thiophene rings is 1. The fourth-order valence-electron chi connectivity index (χ4n) is 2.56. The number of anilines is 1. The van der Waals surface area contributed by atoms with Crippen LogP contribution in [0, 0.1) is 6.92 Å². The molecule has 0 aliphatic heterocycles. The molecule has 2 heterocycles. The molecule has 0 saturated heterocycles. The van der Waals surface area contributed by atoms with E-state index in [2.05, 4.69) is 15.3 Å². The number of fused-ring (bicyclic) bond motifs is 1. The molecule has 0 saturated carbocycles. The summed E-state index contributed by atoms with van der Waals surface area (Å²) in [6.07, 6.45) is 0. The Morgan fingerprint density at radius 1 is 1.24 bits per heavy atom. The van der Waals surface area contributed by atoms with Gasteiger partial charge in [-0.25, -0.2) is 14.6 Å². The lowest BCUT2D eigenvalue weighted by Crippen LogP contribution is -2.16. The number of hydrogen-bond donors (Lipinski definition) is 2. The number of esters is 2. The lowest BCUT2D eigenvalue weighted by molar-refractivity contribution is -0.113. The summed E-state index contributed by atoms with van der Waals surface area (Å²) in [6, 6.07) is 5.27. The maximum Gasteiger partial charge on any atom is 0.348 e. The summed E-state index contributed by atoms with van der Waals surface area (Å²) in [5.41, 5.74) is 2.03. The summed E-state index contributed by atoms with van der Waals surface area (Å²) in [6.45, 7) is 1.60. The van der Waals surface area contributed by atoms with E-state index < -0.39 is 11.9 Å². The zero-order chi connectivity index (χ0) is 21.1. The van der Waals surface area contributed by atoms with E-state index in [-0.39, 0.29) is 27.1 Å². The maximum absolute atomic E-state index is 12.4. The number of aromatic amines is 1. The molecule has 0 aliphatic carbocycles. The van der Waals surface area contributed by atoms with Crippen LogP contribution in [-0.2, 0) is 14.3 Å². The van der Waals surface area contributed by atoms with Crippen LogP contribution in [0.5, 0.6) is 0 Å². The van der Waals surface area contributed by atoms with E-state index in [1.54, 1.807) is 25.1 Å². The number of amides is 1. The molecule has 3 rings (SSSR count). The van der Waals surface area contributed by atoms with E-state index in [4.69, 9.17) is 21.1 Å². The van der Waals surface area contributed by atoms with Crippen molar-refractivity contribution >= 4 is 68.6 Å². The molecule has 152 valence electrons. The van der Waals surface area contributed by atoms with Crippen molar-refractivity contribution < 1.29 is 23.9 Å². The minimum absolute atomic E-state index is 0.0403. The normalized spacial score (nSPS) is 10.8. The zero-order valence-electron chi connectivity index (χ0n) is 15.6. The van der Waals surface area contributed by atoms with E-state index >= 15 is 0 Å². The van der Waals surface area contributed by atoms with Crippen LogP contribution < -0.4 is 5.32 Å². The highest BCUT2D eigenvalue weighted by atomic mass is 35.5. The van der Waals surface area contributed by atoms with Gasteiger partial charge in [0.1, 0.15) is 9.88 Å². The number of imidazole rings is 1. The average Bonchev–Trinajstić information content (AvgIpc) is 3.25. The van der Waals surface area contributed by atoms with Crippen LogP contribution in [0.15, 0.2) is 23.4 Å². The number of H-pyrrole nitrogens is 1. The number of halogens is 1. The zero-order valence-corrected chi connectivity index (χ0v) is 18.0. The SMILES string of the molecule is COC(=O)c1sc(NC(=O)CSc2nc3ccc(Cl)cc3[nH]2)c(C(=O)OC)c1C. The Balaban J connectivity index is 1.75. The van der Waals surface area contributed by atoms with Crippen LogP contribution in [-0.4, -0.2) is 47.8 Å². The molecule has 2 aromatic heterocycles. The second-order valence-electron chi connectivity index (χ2n) is 5.78. The number of nitrogens with zero attached hydrogens (tertiary/aromatic N) is 1. The van der Waals surface area contributed by atoms with Crippen molar-refractivity contribution in [2.45, 2.75) is 12.1 Å². The molecule has 0 fully saturated rings. The smallest absolute Gasteiger partial charge is 0.348 e. The topological polar surface area (TPSA) is 110 Å². The highest BCUT2D eigenvalue weighted by Crippen LogP contribution is 2.34. The van der Waals surface area contributed by atoms with E-state index in [9.17, 15) is 14.4 Å². The van der Waals surface area contributed by atoms with Crippen molar-refractivity contribution in [2.24, 2.45) is 0 Å². The summed E-state index contributed by atoms with van der Waals surface area (Å²) in [5.74, 6) is -1.56. The third-order valence-corrected chi connectivity index (χ3v) is 6.22. The molecule has 2 N–H and O–H groups in total. The summed E-state index contributed by atoms with van der Waals surface area (Å²) in [7, 11) is 2.47. The molecule has 1 amide bonds. The van der Waals surface area contributed by atoms with E-state index in [1.165, 1.54) is 26.0 Å². The molecule has 3 aromatic rings. The first-order chi connectivity index (χ1) is 13.8. The molecule has 1 aromatic carbocycles. The Morgan fingerprint density at radius 3 is 2.66 bits per heavy atom. The molecule has 29 heavy (non-hydrogen) atoms. The summed E-state index contributed by atoms with van der Waals surface area (Å²) in [5, 5.41) is 4.04. The first kappa shape index (κ1) is 21.2. The highest BCUT2D eigenvalue weighted by Gasteiger charge is 2.26. The van der Waals surface area contributed by atoms with Gasteiger partial charge in [0.05, 0.1) is 36.6 Å². The highest BCUT2D eigenvalue weighted by molar-refractivity contribution is 7.99. The Labute approximate surface area is 178 Å². The first-order valence-corrected chi connectivity index (χ1v) is 10.4. The minimum Gasteiger partial charge on any atom is -0.465 e. The Kier molecular flexibility index (Phi) is 6.46. The Hall–Kier alpha value is -2.56. The van der Waals surface area contributed by atoms with Crippen molar-refractivity contribution in [3.63, 3.8) is 0 Å². The van der Waals surface area contributed by atoms with Gasteiger partial charge in [-0.05, 0) is 30.7 Å². The average molecular weight is 454 g/mol. The third-order valence-electron chi connectivity index (χ3n) is 3.92. The molecule has 0 spiro atoms. The maximum atomic E-state index is 12.4. The predicted molar refractivity (Wildman–Crippen MR) is 112 cm³/mol. The number of ether oxygens (including phenoxy) is 2. The van der Waals surface area contributed by atoms with Gasteiger partial charge in [0.15, 0.2) is 5.16 Å². The quantitative estimate of drug-likeness (QED) is 0.430. The van der Waals surface area contributed by atoms with Crippen LogP contribution in [0.2, 0.25) is 5.02 Å². The van der Waals surface area contributed by atoms with Gasteiger partial charge in [0.2, 0.25) is 5.91 Å². The van der Waals surface area contributed by atoms with Crippen molar-refractivity contribution in [1.29, 1.82) is 0 Å². The molecule has 0 radical (unpaired) electrons. The van der Waals surface area contributed by atoms with E-state index in [1.807, 2.05) is 0 Å². The van der Waals surface area contributed by atoms with Gasteiger partial charge in [0, 0.05) is 5.02 Å². The number of carbonyl (C=O) groups excluding carboxylic acids is 3. The van der Waals surface area contributed by atoms with Crippen LogP contribution in [0.25, 0.3) is 11.0 Å². The minimum atomic E-state index is -0.647. The second kappa shape index (κ2) is 8.85. The molecule has 0 bridgehead atoms. The molecular formula is C18H16ClN3O5S2. The number of benzene rings is 1. The first-order valence-electron chi connectivity index (χ1n) is 8.22. The molecule has 0 unspecified atom stereocenters. The van der Waals surface area contributed by atoms with Gasteiger partial charge >= 0.3 is 11.9 Å². The van der Waals surface area contributed by atoms with E-state index in [0.29, 0.717) is 15.7 Å². The third kappa shape index (κ3) is 4.55. The number of nitrogens with one attached hydrogen (secondary N) is 2. The number of rotatable bonds is 6. The summed E-state index contributed by atoms with van der Waals surface area (Å²) >= 11 is 8.12. The molecule has 0 aliphatic rings. The van der Waals surface area contributed by atoms with Gasteiger partial charge in [-0.1, -0.05) is 23.4 Å². The lowest BCUT2D eigenvalue weighted by Gasteiger charge is -2.05. The number of hydrogen-bond acceptors (Lipinski definition) is 8. The largest absolute Gasteiger partial charge is 0.465 e. The van der Waals surface area contributed by atoms with Crippen LogP contribution in [0.3, 0.4) is 0 Å². The number of methoxy groups -OCH3 is 2. The number of aromatic nitrogens is 2. The predicted octanol–water partition coefficient (Wildman–Crippen LogP) is 3.89. The monoisotopic (exact) mass is 453 g/mol. The van der Waals surface area contributed by atoms with Crippen LogP contribution >= 0.6 is 34.7 Å².